The molecule has 2 aromatic rings. The second-order valence-electron chi connectivity index (χ2n) is 4.59. The van der Waals surface area contributed by atoms with Crippen molar-refractivity contribution in [1.82, 2.24) is 4.98 Å². The van der Waals surface area contributed by atoms with Crippen molar-refractivity contribution in [2.75, 3.05) is 5.32 Å². The zero-order chi connectivity index (χ0) is 15.6. The van der Waals surface area contributed by atoms with Crippen LogP contribution in [0.2, 0.25) is 0 Å². The molecule has 21 heavy (non-hydrogen) atoms. The van der Waals surface area contributed by atoms with Gasteiger partial charge in [-0.1, -0.05) is 22.0 Å². The second-order valence-corrected chi connectivity index (χ2v) is 5.38. The largest absolute Gasteiger partial charge is 0.477 e. The van der Waals surface area contributed by atoms with Crippen molar-refractivity contribution >= 4 is 33.5 Å². The van der Waals surface area contributed by atoms with E-state index in [1.807, 2.05) is 26.0 Å². The van der Waals surface area contributed by atoms with Crippen LogP contribution in [0.3, 0.4) is 0 Å². The molecule has 1 amide bonds. The van der Waals surface area contributed by atoms with Gasteiger partial charge in [-0.3, -0.25) is 4.79 Å². The monoisotopic (exact) mass is 348 g/mol. The minimum Gasteiger partial charge on any atom is -0.477 e. The topological polar surface area (TPSA) is 79.3 Å². The first kappa shape index (κ1) is 15.2. The molecular weight excluding hydrogens is 336 g/mol. The number of nitrogens with zero attached hydrogens (tertiary/aromatic N) is 1. The Morgan fingerprint density at radius 1 is 1.14 bits per heavy atom. The molecule has 6 heteroatoms. The number of benzene rings is 1. The number of carbonyl (C=O) groups is 2. The van der Waals surface area contributed by atoms with Crippen molar-refractivity contribution in [2.45, 2.75) is 13.8 Å². The summed E-state index contributed by atoms with van der Waals surface area (Å²) < 4.78 is 0.992. The van der Waals surface area contributed by atoms with Gasteiger partial charge in [0.25, 0.3) is 5.91 Å². The lowest BCUT2D eigenvalue weighted by Gasteiger charge is -2.09. The van der Waals surface area contributed by atoms with Crippen LogP contribution >= 0.6 is 15.9 Å². The summed E-state index contributed by atoms with van der Waals surface area (Å²) in [5, 5.41) is 11.6. The maximum Gasteiger partial charge on any atom is 0.354 e. The third kappa shape index (κ3) is 3.46. The summed E-state index contributed by atoms with van der Waals surface area (Å²) in [7, 11) is 0. The lowest BCUT2D eigenvalue weighted by Crippen LogP contribution is -2.15. The number of anilines is 1. The minimum atomic E-state index is -1.17. The first-order valence-electron chi connectivity index (χ1n) is 6.17. The molecule has 0 aliphatic carbocycles. The number of pyridine rings is 1. The molecule has 1 aromatic heterocycles. The van der Waals surface area contributed by atoms with Gasteiger partial charge < -0.3 is 10.4 Å². The number of nitrogens with one attached hydrogen (secondary N) is 1. The Hall–Kier alpha value is -2.21. The molecule has 2 N–H and O–H groups in total. The highest BCUT2D eigenvalue weighted by molar-refractivity contribution is 9.10. The zero-order valence-electron chi connectivity index (χ0n) is 11.5. The van der Waals surface area contributed by atoms with E-state index in [1.165, 1.54) is 18.2 Å². The van der Waals surface area contributed by atoms with Gasteiger partial charge >= 0.3 is 5.97 Å². The van der Waals surface area contributed by atoms with Gasteiger partial charge in [-0.2, -0.15) is 0 Å². The fourth-order valence-electron chi connectivity index (χ4n) is 1.89. The van der Waals surface area contributed by atoms with E-state index in [0.717, 1.165) is 15.6 Å². The number of carboxylic acids is 1. The average molecular weight is 349 g/mol. The molecule has 0 aliphatic heterocycles. The Balaban J connectivity index is 2.26. The molecule has 0 bridgehead atoms. The quantitative estimate of drug-likeness (QED) is 0.890. The predicted molar refractivity (Wildman–Crippen MR) is 82.8 cm³/mol. The first-order chi connectivity index (χ1) is 9.88. The third-order valence-corrected chi connectivity index (χ3v) is 4.15. The van der Waals surface area contributed by atoms with Crippen LogP contribution in [0.5, 0.6) is 0 Å². The summed E-state index contributed by atoms with van der Waals surface area (Å²) in [5.41, 5.74) is 2.54. The summed E-state index contributed by atoms with van der Waals surface area (Å²) in [6.45, 7) is 3.85. The second kappa shape index (κ2) is 6.05. The number of rotatable bonds is 3. The lowest BCUT2D eigenvalue weighted by atomic mass is 10.1. The highest BCUT2D eigenvalue weighted by Crippen LogP contribution is 2.25. The molecule has 0 saturated carbocycles. The van der Waals surface area contributed by atoms with E-state index < -0.39 is 11.9 Å². The Bertz CT molecular complexity index is 706. The van der Waals surface area contributed by atoms with Gasteiger partial charge in [-0.25, -0.2) is 9.78 Å². The predicted octanol–water partition coefficient (Wildman–Crippen LogP) is 3.41. The number of aryl methyl sites for hydroxylation is 2. The fourth-order valence-corrected chi connectivity index (χ4v) is 2.12. The lowest BCUT2D eigenvalue weighted by molar-refractivity contribution is 0.0690. The molecule has 108 valence electrons. The van der Waals surface area contributed by atoms with Crippen molar-refractivity contribution in [3.8, 4) is 0 Å². The third-order valence-electron chi connectivity index (χ3n) is 2.90. The summed E-state index contributed by atoms with van der Waals surface area (Å²) in [6, 6.07) is 7.96. The maximum absolute atomic E-state index is 12.1. The van der Waals surface area contributed by atoms with Gasteiger partial charge in [0, 0.05) is 10.2 Å². The van der Waals surface area contributed by atoms with Crippen LogP contribution in [0.15, 0.2) is 34.8 Å². The molecule has 5 nitrogen and oxygen atoms in total. The molecule has 0 saturated heterocycles. The molecule has 0 atom stereocenters. The van der Waals surface area contributed by atoms with Gasteiger partial charge in [0.1, 0.15) is 11.4 Å². The van der Waals surface area contributed by atoms with Gasteiger partial charge in [0.2, 0.25) is 0 Å². The van der Waals surface area contributed by atoms with Gasteiger partial charge in [0.05, 0.1) is 0 Å². The average Bonchev–Trinajstić information content (AvgIpc) is 2.44. The molecule has 0 spiro atoms. The SMILES string of the molecule is Cc1cc(NC(=O)c2cccc(C(=O)O)n2)cc(C)c1Br. The number of hydrogen-bond donors (Lipinski definition) is 2. The number of hydrogen-bond acceptors (Lipinski definition) is 3. The van der Waals surface area contributed by atoms with E-state index in [0.29, 0.717) is 5.69 Å². The molecular formula is C15H13BrN2O3. The highest BCUT2D eigenvalue weighted by Gasteiger charge is 2.12. The number of carbonyl (C=O) groups excluding carboxylic acids is 1. The van der Waals surface area contributed by atoms with Crippen LogP contribution in [-0.2, 0) is 0 Å². The smallest absolute Gasteiger partial charge is 0.354 e. The Morgan fingerprint density at radius 2 is 1.71 bits per heavy atom. The normalized spacial score (nSPS) is 10.2. The van der Waals surface area contributed by atoms with E-state index in [1.54, 1.807) is 0 Å². The van der Waals surface area contributed by atoms with E-state index in [9.17, 15) is 9.59 Å². The number of amides is 1. The van der Waals surface area contributed by atoms with Crippen LogP contribution in [0.25, 0.3) is 0 Å². The number of carboxylic acid groups (broad SMARTS) is 1. The van der Waals surface area contributed by atoms with Gasteiger partial charge in [-0.15, -0.1) is 0 Å². The van der Waals surface area contributed by atoms with Crippen LogP contribution in [-0.4, -0.2) is 22.0 Å². The zero-order valence-corrected chi connectivity index (χ0v) is 13.1. The van der Waals surface area contributed by atoms with Crippen molar-refractivity contribution < 1.29 is 14.7 Å². The molecule has 2 rings (SSSR count). The van der Waals surface area contributed by atoms with Crippen molar-refractivity contribution in [3.63, 3.8) is 0 Å². The minimum absolute atomic E-state index is 0.0631. The van der Waals surface area contributed by atoms with E-state index in [-0.39, 0.29) is 11.4 Å². The number of halogens is 1. The summed E-state index contributed by atoms with van der Waals surface area (Å²) in [4.78, 5) is 26.8. The molecule has 1 heterocycles. The molecule has 0 radical (unpaired) electrons. The molecule has 0 unspecified atom stereocenters. The van der Waals surface area contributed by atoms with Crippen molar-refractivity contribution in [2.24, 2.45) is 0 Å². The molecule has 1 aromatic carbocycles. The van der Waals surface area contributed by atoms with Crippen LogP contribution in [0.4, 0.5) is 5.69 Å². The van der Waals surface area contributed by atoms with Gasteiger partial charge in [-0.05, 0) is 49.2 Å². The Kier molecular flexibility index (Phi) is 4.37. The van der Waals surface area contributed by atoms with E-state index in [4.69, 9.17) is 5.11 Å². The highest BCUT2D eigenvalue weighted by atomic mass is 79.9. The van der Waals surface area contributed by atoms with Crippen LogP contribution in [0.1, 0.15) is 32.1 Å². The summed E-state index contributed by atoms with van der Waals surface area (Å²) >= 11 is 3.46. The van der Waals surface area contributed by atoms with E-state index >= 15 is 0 Å². The number of aromatic nitrogens is 1. The Labute approximate surface area is 130 Å². The standard InChI is InChI=1S/C15H13BrN2O3/c1-8-6-10(7-9(2)13(8)16)17-14(19)11-4-3-5-12(18-11)15(20)21/h3-7H,1-2H3,(H,17,19)(H,20,21). The maximum atomic E-state index is 12.1. The van der Waals surface area contributed by atoms with Crippen molar-refractivity contribution in [3.05, 3.63) is 57.3 Å². The van der Waals surface area contributed by atoms with Crippen LogP contribution in [0, 0.1) is 13.8 Å². The van der Waals surface area contributed by atoms with E-state index in [2.05, 4.69) is 26.2 Å². The van der Waals surface area contributed by atoms with Crippen LogP contribution < -0.4 is 5.32 Å². The summed E-state index contributed by atoms with van der Waals surface area (Å²) in [5.74, 6) is -1.61. The fraction of sp³-hybridized carbons (Fsp3) is 0.133. The molecule has 0 aliphatic rings. The summed E-state index contributed by atoms with van der Waals surface area (Å²) in [6.07, 6.45) is 0. The van der Waals surface area contributed by atoms with Gasteiger partial charge in [0.15, 0.2) is 0 Å². The Morgan fingerprint density at radius 3 is 2.29 bits per heavy atom. The van der Waals surface area contributed by atoms with Crippen molar-refractivity contribution in [1.29, 1.82) is 0 Å². The molecule has 0 fully saturated rings. The first-order valence-corrected chi connectivity index (χ1v) is 6.96. The number of aromatic carboxylic acids is 1.